The van der Waals surface area contributed by atoms with Gasteiger partial charge in [-0.25, -0.2) is 4.98 Å². The summed E-state index contributed by atoms with van der Waals surface area (Å²) in [5, 5.41) is 3.66. The molecule has 0 saturated carbocycles. The third-order valence-electron chi connectivity index (χ3n) is 2.92. The van der Waals surface area contributed by atoms with E-state index in [9.17, 15) is 4.79 Å². The molecule has 110 valence electrons. The van der Waals surface area contributed by atoms with Crippen molar-refractivity contribution in [2.45, 2.75) is 23.6 Å². The highest BCUT2D eigenvalue weighted by Crippen LogP contribution is 2.22. The van der Waals surface area contributed by atoms with Gasteiger partial charge in [-0.3, -0.25) is 4.79 Å². The Balaban J connectivity index is 1.76. The Morgan fingerprint density at radius 3 is 2.71 bits per heavy atom. The van der Waals surface area contributed by atoms with Crippen LogP contribution < -0.4 is 5.32 Å². The number of rotatable bonds is 6. The van der Waals surface area contributed by atoms with Crippen molar-refractivity contribution in [3.8, 4) is 0 Å². The summed E-state index contributed by atoms with van der Waals surface area (Å²) in [6.45, 7) is 2.55. The molecule has 5 heteroatoms. The second-order valence-electron chi connectivity index (χ2n) is 4.60. The van der Waals surface area contributed by atoms with Crippen molar-refractivity contribution in [2.75, 3.05) is 6.54 Å². The highest BCUT2D eigenvalue weighted by molar-refractivity contribution is 9.10. The largest absolute Gasteiger partial charge is 0.355 e. The Kier molecular flexibility index (Phi) is 6.26. The van der Waals surface area contributed by atoms with Gasteiger partial charge in [0.15, 0.2) is 0 Å². The standard InChI is InChI=1S/C16H17BrN2OS/c1-12(21-15-8-7-14(17)11-19-15)16(20)18-10-9-13-5-3-2-4-6-13/h2-8,11-12H,9-10H2,1H3,(H,18,20). The maximum absolute atomic E-state index is 12.0. The number of hydrogen-bond donors (Lipinski definition) is 1. The minimum Gasteiger partial charge on any atom is -0.355 e. The molecule has 0 aliphatic rings. The second-order valence-corrected chi connectivity index (χ2v) is 6.88. The normalized spacial score (nSPS) is 11.9. The van der Waals surface area contributed by atoms with E-state index in [2.05, 4.69) is 38.4 Å². The molecule has 0 fully saturated rings. The molecule has 0 saturated heterocycles. The lowest BCUT2D eigenvalue weighted by atomic mass is 10.1. The third kappa shape index (κ3) is 5.52. The van der Waals surface area contributed by atoms with Crippen LogP contribution in [0.5, 0.6) is 0 Å². The number of carbonyl (C=O) groups excluding carboxylic acids is 1. The maximum Gasteiger partial charge on any atom is 0.233 e. The van der Waals surface area contributed by atoms with Crippen molar-refractivity contribution in [2.24, 2.45) is 0 Å². The zero-order valence-electron chi connectivity index (χ0n) is 11.8. The number of pyridine rings is 1. The zero-order chi connectivity index (χ0) is 15.1. The lowest BCUT2D eigenvalue weighted by Crippen LogP contribution is -2.32. The molecule has 1 aromatic carbocycles. The molecule has 0 spiro atoms. The number of nitrogens with zero attached hydrogens (tertiary/aromatic N) is 1. The second kappa shape index (κ2) is 8.20. The molecular formula is C16H17BrN2OS. The van der Waals surface area contributed by atoms with Crippen molar-refractivity contribution in [1.29, 1.82) is 0 Å². The van der Waals surface area contributed by atoms with Crippen LogP contribution in [0.4, 0.5) is 0 Å². The molecule has 2 rings (SSSR count). The molecule has 21 heavy (non-hydrogen) atoms. The SMILES string of the molecule is CC(Sc1ccc(Br)cn1)C(=O)NCCc1ccccc1. The zero-order valence-corrected chi connectivity index (χ0v) is 14.2. The van der Waals surface area contributed by atoms with Crippen molar-refractivity contribution >= 4 is 33.6 Å². The van der Waals surface area contributed by atoms with E-state index in [0.29, 0.717) is 6.54 Å². The number of carbonyl (C=O) groups is 1. The van der Waals surface area contributed by atoms with Gasteiger partial charge in [0, 0.05) is 17.2 Å². The molecule has 2 aromatic rings. The maximum atomic E-state index is 12.0. The lowest BCUT2D eigenvalue weighted by molar-refractivity contribution is -0.120. The minimum absolute atomic E-state index is 0.0423. The van der Waals surface area contributed by atoms with Gasteiger partial charge in [-0.2, -0.15) is 0 Å². The van der Waals surface area contributed by atoms with Gasteiger partial charge in [0.2, 0.25) is 5.91 Å². The molecule has 1 unspecified atom stereocenters. The summed E-state index contributed by atoms with van der Waals surface area (Å²) in [7, 11) is 0. The molecule has 1 N–H and O–H groups in total. The molecule has 1 heterocycles. The number of aromatic nitrogens is 1. The third-order valence-corrected chi connectivity index (χ3v) is 4.44. The Hall–Kier alpha value is -1.33. The first-order chi connectivity index (χ1) is 10.1. The molecule has 1 aromatic heterocycles. The van der Waals surface area contributed by atoms with E-state index < -0.39 is 0 Å². The van der Waals surface area contributed by atoms with Crippen LogP contribution in [0.1, 0.15) is 12.5 Å². The van der Waals surface area contributed by atoms with E-state index in [1.54, 1.807) is 6.20 Å². The Labute approximate surface area is 137 Å². The van der Waals surface area contributed by atoms with Crippen LogP contribution in [0.3, 0.4) is 0 Å². The van der Waals surface area contributed by atoms with Crippen LogP contribution in [0.2, 0.25) is 0 Å². The van der Waals surface area contributed by atoms with E-state index in [1.165, 1.54) is 17.3 Å². The summed E-state index contributed by atoms with van der Waals surface area (Å²) in [6.07, 6.45) is 2.59. The minimum atomic E-state index is -0.158. The highest BCUT2D eigenvalue weighted by atomic mass is 79.9. The smallest absolute Gasteiger partial charge is 0.233 e. The predicted molar refractivity (Wildman–Crippen MR) is 90.4 cm³/mol. The Morgan fingerprint density at radius 1 is 1.29 bits per heavy atom. The van der Waals surface area contributed by atoms with Gasteiger partial charge in [0.05, 0.1) is 10.3 Å². The number of halogens is 1. The van der Waals surface area contributed by atoms with Gasteiger partial charge in [-0.1, -0.05) is 42.1 Å². The van der Waals surface area contributed by atoms with Crippen LogP contribution in [-0.2, 0) is 11.2 Å². The first-order valence-electron chi connectivity index (χ1n) is 6.75. The summed E-state index contributed by atoms with van der Waals surface area (Å²) in [6, 6.07) is 14.0. The summed E-state index contributed by atoms with van der Waals surface area (Å²) in [5.74, 6) is 0.0423. The average molecular weight is 365 g/mol. The van der Waals surface area contributed by atoms with Gasteiger partial charge in [0.1, 0.15) is 0 Å². The predicted octanol–water partition coefficient (Wildman–Crippen LogP) is 3.68. The van der Waals surface area contributed by atoms with E-state index in [1.807, 2.05) is 37.3 Å². The van der Waals surface area contributed by atoms with Crippen LogP contribution in [-0.4, -0.2) is 22.7 Å². The summed E-state index contributed by atoms with van der Waals surface area (Å²) >= 11 is 4.81. The van der Waals surface area contributed by atoms with Crippen molar-refractivity contribution < 1.29 is 4.79 Å². The van der Waals surface area contributed by atoms with Gasteiger partial charge < -0.3 is 5.32 Å². The molecule has 0 radical (unpaired) electrons. The van der Waals surface area contributed by atoms with E-state index in [0.717, 1.165) is 15.9 Å². The molecule has 1 atom stereocenters. The molecule has 0 bridgehead atoms. The van der Waals surface area contributed by atoms with Crippen molar-refractivity contribution in [1.82, 2.24) is 10.3 Å². The fourth-order valence-corrected chi connectivity index (χ4v) is 2.83. The van der Waals surface area contributed by atoms with Gasteiger partial charge in [0.25, 0.3) is 0 Å². The quantitative estimate of drug-likeness (QED) is 0.794. The number of nitrogens with one attached hydrogen (secondary N) is 1. The van der Waals surface area contributed by atoms with Gasteiger partial charge >= 0.3 is 0 Å². The number of benzene rings is 1. The first-order valence-corrected chi connectivity index (χ1v) is 8.42. The molecule has 3 nitrogen and oxygen atoms in total. The number of amides is 1. The number of hydrogen-bond acceptors (Lipinski definition) is 3. The molecular weight excluding hydrogens is 348 g/mol. The van der Waals surface area contributed by atoms with Crippen LogP contribution >= 0.6 is 27.7 Å². The van der Waals surface area contributed by atoms with E-state index in [-0.39, 0.29) is 11.2 Å². The highest BCUT2D eigenvalue weighted by Gasteiger charge is 2.14. The summed E-state index contributed by atoms with van der Waals surface area (Å²) in [4.78, 5) is 16.3. The van der Waals surface area contributed by atoms with Crippen LogP contribution in [0, 0.1) is 0 Å². The van der Waals surface area contributed by atoms with E-state index in [4.69, 9.17) is 0 Å². The van der Waals surface area contributed by atoms with E-state index >= 15 is 0 Å². The fraction of sp³-hybridized carbons (Fsp3) is 0.250. The van der Waals surface area contributed by atoms with Crippen molar-refractivity contribution in [3.05, 3.63) is 58.7 Å². The van der Waals surface area contributed by atoms with Crippen LogP contribution in [0.15, 0.2) is 58.2 Å². The monoisotopic (exact) mass is 364 g/mol. The average Bonchev–Trinajstić information content (AvgIpc) is 2.50. The lowest BCUT2D eigenvalue weighted by Gasteiger charge is -2.11. The molecule has 0 aliphatic heterocycles. The Morgan fingerprint density at radius 2 is 2.05 bits per heavy atom. The van der Waals surface area contributed by atoms with Gasteiger partial charge in [-0.05, 0) is 47.0 Å². The Bertz CT molecular complexity index is 575. The van der Waals surface area contributed by atoms with Gasteiger partial charge in [-0.15, -0.1) is 0 Å². The first kappa shape index (κ1) is 16.0. The van der Waals surface area contributed by atoms with Crippen LogP contribution in [0.25, 0.3) is 0 Å². The van der Waals surface area contributed by atoms with Crippen molar-refractivity contribution in [3.63, 3.8) is 0 Å². The molecule has 0 aliphatic carbocycles. The number of thioether (sulfide) groups is 1. The fourth-order valence-electron chi connectivity index (χ4n) is 1.79. The topological polar surface area (TPSA) is 42.0 Å². The summed E-state index contributed by atoms with van der Waals surface area (Å²) in [5.41, 5.74) is 1.23. The molecule has 1 amide bonds. The summed E-state index contributed by atoms with van der Waals surface area (Å²) < 4.78 is 0.937.